The summed E-state index contributed by atoms with van der Waals surface area (Å²) in [4.78, 5) is 17.6. The number of rotatable bonds is 8. The van der Waals surface area contributed by atoms with E-state index >= 15 is 4.39 Å². The third-order valence-electron chi connectivity index (χ3n) is 6.91. The number of hydrogen-bond donors (Lipinski definition) is 3. The van der Waals surface area contributed by atoms with E-state index < -0.39 is 13.0 Å². The van der Waals surface area contributed by atoms with E-state index in [2.05, 4.69) is 34.9 Å². The van der Waals surface area contributed by atoms with Gasteiger partial charge in [0.15, 0.2) is 17.3 Å². The van der Waals surface area contributed by atoms with Crippen LogP contribution in [0.2, 0.25) is 0 Å². The van der Waals surface area contributed by atoms with Gasteiger partial charge in [-0.3, -0.25) is 4.79 Å². The highest BCUT2D eigenvalue weighted by Gasteiger charge is 2.24. The first-order valence-corrected chi connectivity index (χ1v) is 16.9. The minimum absolute atomic E-state index is 0.175. The zero-order chi connectivity index (χ0) is 28.4. The molecule has 1 aliphatic heterocycles. The van der Waals surface area contributed by atoms with Crippen LogP contribution in [-0.4, -0.2) is 52.2 Å². The highest BCUT2D eigenvalue weighted by molar-refractivity contribution is 7.99. The lowest BCUT2D eigenvalue weighted by molar-refractivity contribution is 0.102. The molecular weight excluding hydrogens is 546 g/mol. The fourth-order valence-corrected chi connectivity index (χ4v) is 6.61. The number of piperidine rings is 1. The van der Waals surface area contributed by atoms with Crippen LogP contribution < -0.4 is 21.3 Å². The molecule has 4 aromatic rings. The number of anilines is 3. The van der Waals surface area contributed by atoms with Crippen molar-refractivity contribution in [3.05, 3.63) is 71.7 Å². The molecule has 2 aromatic carbocycles. The quantitative estimate of drug-likeness (QED) is 0.172. The van der Waals surface area contributed by atoms with Crippen LogP contribution in [0.1, 0.15) is 48.5 Å². The fraction of sp³-hybridized carbons (Fsp3) is 0.345. The van der Waals surface area contributed by atoms with E-state index in [0.29, 0.717) is 27.6 Å². The molecule has 1 amide bonds. The largest absolute Gasteiger partial charge is 0.338 e. The van der Waals surface area contributed by atoms with Crippen molar-refractivity contribution in [2.24, 2.45) is 0 Å². The normalized spacial score (nSPS) is 14.6. The smallest absolute Gasteiger partial charge is 0.255 e. The molecule has 210 valence electrons. The van der Waals surface area contributed by atoms with Crippen LogP contribution in [0.25, 0.3) is 5.65 Å². The molecule has 3 N–H and O–H groups in total. The van der Waals surface area contributed by atoms with E-state index in [1.165, 1.54) is 16.3 Å². The molecule has 0 bridgehead atoms. The van der Waals surface area contributed by atoms with E-state index in [0.717, 1.165) is 36.8 Å². The summed E-state index contributed by atoms with van der Waals surface area (Å²) in [6.45, 7) is 9.35. The summed E-state index contributed by atoms with van der Waals surface area (Å²) in [5.74, 6) is -0.365. The Kier molecular flexibility index (Phi) is 8.31. The van der Waals surface area contributed by atoms with E-state index in [1.807, 2.05) is 6.07 Å². The lowest BCUT2D eigenvalue weighted by atomic mass is 10.1. The maximum absolute atomic E-state index is 16.0. The van der Waals surface area contributed by atoms with Crippen molar-refractivity contribution in [3.63, 3.8) is 0 Å². The summed E-state index contributed by atoms with van der Waals surface area (Å²) in [6.07, 6.45) is 3.65. The summed E-state index contributed by atoms with van der Waals surface area (Å²) < 4.78 is 29.8. The first-order valence-electron chi connectivity index (χ1n) is 13.4. The average Bonchev–Trinajstić information content (AvgIpc) is 3.35. The number of fused-ring (bicyclic) bond motifs is 1. The van der Waals surface area contributed by atoms with Crippen molar-refractivity contribution in [1.82, 2.24) is 19.9 Å². The summed E-state index contributed by atoms with van der Waals surface area (Å²) in [5, 5.41) is 15.3. The Morgan fingerprint density at radius 1 is 1.12 bits per heavy atom. The molecule has 0 radical (unpaired) electrons. The van der Waals surface area contributed by atoms with Gasteiger partial charge in [-0.1, -0.05) is 43.8 Å². The summed E-state index contributed by atoms with van der Waals surface area (Å²) in [6, 6.07) is 13.9. The van der Waals surface area contributed by atoms with E-state index in [4.69, 9.17) is 4.98 Å². The third kappa shape index (κ3) is 6.24. The van der Waals surface area contributed by atoms with Crippen LogP contribution in [0, 0.1) is 5.82 Å². The van der Waals surface area contributed by atoms with Crippen LogP contribution in [0.5, 0.6) is 0 Å². The molecule has 0 aliphatic carbocycles. The summed E-state index contributed by atoms with van der Waals surface area (Å²) in [5.41, 5.74) is 3.18. The van der Waals surface area contributed by atoms with Crippen molar-refractivity contribution in [1.29, 1.82) is 0 Å². The number of hydrogen-bond acceptors (Lipinski definition) is 7. The van der Waals surface area contributed by atoms with Crippen LogP contribution in [0.4, 0.5) is 21.6 Å². The molecule has 0 saturated carbocycles. The number of halogens is 1. The average molecular weight is 581 g/mol. The Hall–Kier alpha value is -3.20. The molecule has 40 heavy (non-hydrogen) atoms. The predicted molar refractivity (Wildman–Crippen MR) is 162 cm³/mol. The topological polar surface area (TPSA) is 100 Å². The Balaban J connectivity index is 1.42. The van der Waals surface area contributed by atoms with Gasteiger partial charge in [-0.05, 0) is 75.5 Å². The monoisotopic (exact) mass is 580 g/mol. The molecule has 3 heterocycles. The minimum Gasteiger partial charge on any atom is -0.338 e. The lowest BCUT2D eigenvalue weighted by Gasteiger charge is -2.22. The maximum Gasteiger partial charge on any atom is 0.255 e. The van der Waals surface area contributed by atoms with E-state index in [9.17, 15) is 9.36 Å². The number of thioether (sulfide) groups is 1. The first-order chi connectivity index (χ1) is 19.1. The van der Waals surface area contributed by atoms with Gasteiger partial charge in [0.1, 0.15) is 12.2 Å². The molecule has 0 unspecified atom stereocenters. The van der Waals surface area contributed by atoms with Crippen molar-refractivity contribution in [2.45, 2.75) is 42.9 Å². The summed E-state index contributed by atoms with van der Waals surface area (Å²) >= 11 is 1.48. The number of carbonyl (C=O) groups is 1. The number of aromatic nitrogens is 3. The van der Waals surface area contributed by atoms with Gasteiger partial charge >= 0.3 is 0 Å². The zero-order valence-corrected chi connectivity index (χ0v) is 24.8. The number of amides is 1. The van der Waals surface area contributed by atoms with Gasteiger partial charge in [-0.15, -0.1) is 0 Å². The molecular formula is C29H34FN6O2PS. The van der Waals surface area contributed by atoms with Gasteiger partial charge in [-0.2, -0.15) is 14.0 Å². The Bertz CT molecular complexity index is 1580. The number of nitrogens with zero attached hydrogens (tertiary/aromatic N) is 3. The van der Waals surface area contributed by atoms with E-state index in [-0.39, 0.29) is 22.9 Å². The molecule has 5 rings (SSSR count). The minimum atomic E-state index is -2.40. The fourth-order valence-electron chi connectivity index (χ4n) is 4.62. The van der Waals surface area contributed by atoms with Crippen molar-refractivity contribution in [2.75, 3.05) is 37.1 Å². The number of benzene rings is 2. The number of carbonyl (C=O) groups excluding carboxylic acids is 1. The van der Waals surface area contributed by atoms with Crippen molar-refractivity contribution < 1.29 is 13.8 Å². The molecule has 11 heteroatoms. The second-order valence-electron chi connectivity index (χ2n) is 10.7. The predicted octanol–water partition coefficient (Wildman–Crippen LogP) is 6.08. The van der Waals surface area contributed by atoms with E-state index in [1.54, 1.807) is 62.0 Å². The van der Waals surface area contributed by atoms with Gasteiger partial charge in [-0.25, -0.2) is 4.98 Å². The maximum atomic E-state index is 16.0. The van der Waals surface area contributed by atoms with Gasteiger partial charge in [0.05, 0.1) is 6.20 Å². The second-order valence-corrected chi connectivity index (χ2v) is 15.2. The third-order valence-corrected chi connectivity index (χ3v) is 9.75. The standard InChI is InChI=1S/C29H34FN6O2PS/c1-18(2)24-17-32-36-26(24)35-29(40-23-12-14-31-15-13-23)25(30)27(36)33-20-6-5-7-21(16-20)34-28(37)19-8-10-22(11-9-19)39(3,4)38/h5-11,16-18,23,31,33H,12-15H2,1-4H3,(H,34,37). The molecule has 2 aromatic heterocycles. The van der Waals surface area contributed by atoms with Gasteiger partial charge < -0.3 is 20.5 Å². The summed E-state index contributed by atoms with van der Waals surface area (Å²) in [7, 11) is -2.40. The second kappa shape index (κ2) is 11.7. The SMILES string of the molecule is CC(C)c1cnn2c(Nc3cccc(NC(=O)c4ccc(P(C)(C)=O)cc4)c3)c(F)c(SC3CCNCC3)nc12. The zero-order valence-electron chi connectivity index (χ0n) is 23.1. The van der Waals surface area contributed by atoms with Crippen LogP contribution >= 0.6 is 18.9 Å². The van der Waals surface area contributed by atoms with Crippen molar-refractivity contribution in [3.8, 4) is 0 Å². The Morgan fingerprint density at radius 3 is 2.50 bits per heavy atom. The van der Waals surface area contributed by atoms with Crippen molar-refractivity contribution >= 4 is 53.0 Å². The molecule has 1 aliphatic rings. The molecule has 8 nitrogen and oxygen atoms in total. The van der Waals surface area contributed by atoms with Gasteiger partial charge in [0.2, 0.25) is 0 Å². The molecule has 1 fully saturated rings. The van der Waals surface area contributed by atoms with Gasteiger partial charge in [0, 0.05) is 33.1 Å². The van der Waals surface area contributed by atoms with Crippen LogP contribution in [-0.2, 0) is 4.57 Å². The van der Waals surface area contributed by atoms with Crippen LogP contribution in [0.3, 0.4) is 0 Å². The number of nitrogens with one attached hydrogen (secondary N) is 3. The Labute approximate surface area is 237 Å². The molecule has 0 atom stereocenters. The van der Waals surface area contributed by atoms with Gasteiger partial charge in [0.25, 0.3) is 5.91 Å². The molecule has 0 spiro atoms. The molecule has 1 saturated heterocycles. The highest BCUT2D eigenvalue weighted by Crippen LogP contribution is 2.36. The highest BCUT2D eigenvalue weighted by atomic mass is 32.2. The Morgan fingerprint density at radius 2 is 1.82 bits per heavy atom. The lowest BCUT2D eigenvalue weighted by Crippen LogP contribution is -2.29. The van der Waals surface area contributed by atoms with Crippen LogP contribution in [0.15, 0.2) is 59.8 Å². The first kappa shape index (κ1) is 28.3.